The van der Waals surface area contributed by atoms with Crippen LogP contribution in [0, 0.1) is 0 Å². The molecule has 3 aromatic rings. The first-order valence-corrected chi connectivity index (χ1v) is 15.6. The van der Waals surface area contributed by atoms with E-state index in [0.29, 0.717) is 24.9 Å². The highest BCUT2D eigenvalue weighted by atomic mass is 32.2. The van der Waals surface area contributed by atoms with Gasteiger partial charge < -0.3 is 19.4 Å². The predicted octanol–water partition coefficient (Wildman–Crippen LogP) is 3.95. The molecule has 43 heavy (non-hydrogen) atoms. The molecule has 1 aromatic heterocycles. The molecule has 3 aliphatic heterocycles. The number of ether oxygens (including phenoxy) is 3. The first-order chi connectivity index (χ1) is 20.9. The van der Waals surface area contributed by atoms with Crippen molar-refractivity contribution in [2.45, 2.75) is 63.2 Å². The van der Waals surface area contributed by atoms with Gasteiger partial charge in [-0.15, -0.1) is 15.2 Å². The van der Waals surface area contributed by atoms with Crippen LogP contribution in [-0.2, 0) is 16.5 Å². The molecule has 4 heterocycles. The Balaban J connectivity index is 1.62. The van der Waals surface area contributed by atoms with E-state index in [4.69, 9.17) is 14.2 Å². The van der Waals surface area contributed by atoms with Crippen LogP contribution in [0.1, 0.15) is 38.8 Å². The number of carbonyl (C=O) groups is 1. The van der Waals surface area contributed by atoms with Gasteiger partial charge in [0.15, 0.2) is 18.2 Å². The number of rotatable bonds is 9. The van der Waals surface area contributed by atoms with E-state index < -0.39 is 18.8 Å². The van der Waals surface area contributed by atoms with Crippen molar-refractivity contribution < 1.29 is 23.0 Å². The second kappa shape index (κ2) is 12.4. The third-order valence-corrected chi connectivity index (χ3v) is 9.99. The molecule has 0 saturated carbocycles. The molecule has 13 heteroatoms. The van der Waals surface area contributed by atoms with Gasteiger partial charge >= 0.3 is 6.03 Å². The summed E-state index contributed by atoms with van der Waals surface area (Å²) in [6.45, 7) is 8.60. The molecule has 0 radical (unpaired) electrons. The average Bonchev–Trinajstić information content (AvgIpc) is 3.73. The second-order valence-electron chi connectivity index (χ2n) is 11.1. The molecule has 2 amide bonds. The van der Waals surface area contributed by atoms with Gasteiger partial charge in [0.2, 0.25) is 0 Å². The van der Waals surface area contributed by atoms with Crippen LogP contribution in [0.2, 0.25) is 0 Å². The summed E-state index contributed by atoms with van der Waals surface area (Å²) in [4.78, 5) is 19.5. The Kier molecular flexibility index (Phi) is 8.63. The van der Waals surface area contributed by atoms with Crippen molar-refractivity contribution in [2.24, 2.45) is 7.05 Å². The zero-order chi connectivity index (χ0) is 30.1. The first-order valence-electron chi connectivity index (χ1n) is 14.9. The largest absolute Gasteiger partial charge is 0.496 e. The van der Waals surface area contributed by atoms with Gasteiger partial charge in [0, 0.05) is 38.3 Å². The maximum absolute atomic E-state index is 15.0. The van der Waals surface area contributed by atoms with E-state index in [0.717, 1.165) is 30.0 Å². The molecule has 1 N–H and O–H groups in total. The molecule has 6 rings (SSSR count). The molecule has 3 saturated heterocycles. The normalized spacial score (nSPS) is 28.9. The Labute approximate surface area is 257 Å². The van der Waals surface area contributed by atoms with Crippen LogP contribution in [-0.4, -0.2) is 92.8 Å². The van der Waals surface area contributed by atoms with E-state index in [-0.39, 0.29) is 22.1 Å². The van der Waals surface area contributed by atoms with E-state index in [1.54, 1.807) is 13.4 Å². The van der Waals surface area contributed by atoms with Gasteiger partial charge in [-0.2, -0.15) is 0 Å². The van der Waals surface area contributed by atoms with E-state index in [1.807, 2.05) is 77.0 Å². The van der Waals surface area contributed by atoms with Crippen LogP contribution in [0.3, 0.4) is 0 Å². The molecule has 3 aliphatic rings. The third-order valence-electron chi connectivity index (χ3n) is 8.57. The number of carbonyl (C=O) groups excluding carboxylic acids is 1. The molecule has 6 unspecified atom stereocenters. The number of aryl methyl sites for hydroxylation is 1. The molecular weight excluding hydrogens is 568 g/mol. The predicted molar refractivity (Wildman–Crippen MR) is 162 cm³/mol. The van der Waals surface area contributed by atoms with E-state index in [1.165, 1.54) is 11.9 Å². The number of anilines is 1. The molecule has 2 aromatic carbocycles. The first kappa shape index (κ1) is 29.9. The Morgan fingerprint density at radius 2 is 1.95 bits per heavy atom. The van der Waals surface area contributed by atoms with Crippen molar-refractivity contribution >= 4 is 23.7 Å². The van der Waals surface area contributed by atoms with Crippen LogP contribution in [0.25, 0.3) is 0 Å². The lowest BCUT2D eigenvalue weighted by Gasteiger charge is -2.49. The number of hydrogen-bond donors (Lipinski definition) is 1. The standard InChI is InChI=1S/C30H41N8O4S/c1-6-21(2)36-29(35-17-16-31-18-25(35)24-14-10-11-15-26(24)40-5)38(27-19-41-22(3)42-27,43-28-33-32-20-34(28)4)37(30(36)39)23-12-8-7-9-13-23/h7-15,20-22,25,27,29,31H,6,16-19H2,1-5H3/q+1. The number of urea groups is 1. The van der Waals surface area contributed by atoms with Crippen molar-refractivity contribution in [3.05, 3.63) is 66.5 Å². The molecule has 0 aliphatic carbocycles. The van der Waals surface area contributed by atoms with Gasteiger partial charge in [-0.3, -0.25) is 9.64 Å². The smallest absolute Gasteiger partial charge is 0.376 e. The molecule has 230 valence electrons. The number of nitrogens with one attached hydrogen (secondary N) is 1. The zero-order valence-electron chi connectivity index (χ0n) is 25.4. The second-order valence-corrected chi connectivity index (χ2v) is 12.3. The lowest BCUT2D eigenvalue weighted by Crippen LogP contribution is -2.70. The summed E-state index contributed by atoms with van der Waals surface area (Å²) in [5.74, 6) is 0.814. The van der Waals surface area contributed by atoms with Gasteiger partial charge in [0.1, 0.15) is 24.4 Å². The number of para-hydroxylation sites is 2. The Bertz CT molecular complexity index is 1410. The molecule has 3 fully saturated rings. The highest BCUT2D eigenvalue weighted by molar-refractivity contribution is 7.93. The van der Waals surface area contributed by atoms with Crippen molar-refractivity contribution in [1.29, 1.82) is 0 Å². The highest BCUT2D eigenvalue weighted by Gasteiger charge is 2.70. The lowest BCUT2D eigenvalue weighted by molar-refractivity contribution is -0.885. The minimum atomic E-state index is -0.534. The summed E-state index contributed by atoms with van der Waals surface area (Å²) in [6.07, 6.45) is 1.01. The van der Waals surface area contributed by atoms with Gasteiger partial charge in [0.05, 0.1) is 13.2 Å². The van der Waals surface area contributed by atoms with Crippen molar-refractivity contribution in [3.8, 4) is 5.75 Å². The van der Waals surface area contributed by atoms with Crippen LogP contribution >= 0.6 is 11.9 Å². The number of aromatic nitrogens is 3. The summed E-state index contributed by atoms with van der Waals surface area (Å²) < 4.78 is 20.4. The summed E-state index contributed by atoms with van der Waals surface area (Å²) in [5.41, 5.74) is 1.83. The van der Waals surface area contributed by atoms with Crippen molar-refractivity contribution in [2.75, 3.05) is 38.4 Å². The van der Waals surface area contributed by atoms with Crippen molar-refractivity contribution in [3.63, 3.8) is 0 Å². The maximum atomic E-state index is 15.0. The van der Waals surface area contributed by atoms with Crippen LogP contribution in [0.15, 0.2) is 66.1 Å². The Morgan fingerprint density at radius 1 is 1.19 bits per heavy atom. The van der Waals surface area contributed by atoms with E-state index >= 15 is 4.79 Å². The van der Waals surface area contributed by atoms with Gasteiger partial charge in [0.25, 0.3) is 17.7 Å². The summed E-state index contributed by atoms with van der Waals surface area (Å²) in [7, 11) is 3.62. The SMILES string of the molecule is CCC(C)N1C(=O)N(c2ccccc2)[N+](Sc2nncn2C)(C2COC(C)O2)C1N1CCNCC1c1ccccc1OC. The Morgan fingerprint density at radius 3 is 2.63 bits per heavy atom. The molecule has 0 spiro atoms. The van der Waals surface area contributed by atoms with Gasteiger partial charge in [-0.05, 0) is 38.5 Å². The van der Waals surface area contributed by atoms with Gasteiger partial charge in [-0.1, -0.05) is 47.3 Å². The number of nitrogens with zero attached hydrogens (tertiary/aromatic N) is 7. The van der Waals surface area contributed by atoms with E-state index in [2.05, 4.69) is 40.3 Å². The quantitative estimate of drug-likeness (QED) is 0.286. The zero-order valence-corrected chi connectivity index (χ0v) is 26.2. The fraction of sp³-hybridized carbons (Fsp3) is 0.500. The number of hydrogen-bond acceptors (Lipinski definition) is 9. The highest BCUT2D eigenvalue weighted by Crippen LogP contribution is 2.52. The van der Waals surface area contributed by atoms with Gasteiger partial charge in [-0.25, -0.2) is 9.69 Å². The summed E-state index contributed by atoms with van der Waals surface area (Å²) in [5, 5.41) is 14.8. The third kappa shape index (κ3) is 5.17. The number of piperazine rings is 1. The maximum Gasteiger partial charge on any atom is 0.376 e. The monoisotopic (exact) mass is 609 g/mol. The minimum absolute atomic E-state index is 0.0235. The number of quaternary nitrogens is 1. The van der Waals surface area contributed by atoms with E-state index in [9.17, 15) is 0 Å². The van der Waals surface area contributed by atoms with Crippen LogP contribution in [0.5, 0.6) is 5.75 Å². The minimum Gasteiger partial charge on any atom is -0.496 e. The molecular formula is C30H41N8O4S+. The fourth-order valence-corrected chi connectivity index (χ4v) is 7.63. The topological polar surface area (TPSA) is 97.2 Å². The molecule has 6 atom stereocenters. The number of benzene rings is 2. The summed E-state index contributed by atoms with van der Waals surface area (Å²) in [6, 6.07) is 17.7. The van der Waals surface area contributed by atoms with Crippen LogP contribution in [0.4, 0.5) is 10.5 Å². The molecule has 12 nitrogen and oxygen atoms in total. The average molecular weight is 610 g/mol. The lowest BCUT2D eigenvalue weighted by atomic mass is 10.0. The fourth-order valence-electron chi connectivity index (χ4n) is 6.32. The number of methoxy groups -OCH3 is 1. The summed E-state index contributed by atoms with van der Waals surface area (Å²) >= 11 is 1.47. The Hall–Kier alpha value is -3.20. The van der Waals surface area contributed by atoms with Crippen LogP contribution < -0.4 is 15.1 Å². The van der Waals surface area contributed by atoms with Crippen molar-refractivity contribution in [1.82, 2.24) is 29.9 Å². The number of amides is 2. The molecule has 0 bridgehead atoms.